The first kappa shape index (κ1) is 31.5. The number of aromatic nitrogens is 2. The lowest BCUT2D eigenvalue weighted by Crippen LogP contribution is -2.43. The minimum atomic E-state index is -0.626. The van der Waals surface area contributed by atoms with Gasteiger partial charge in [0.05, 0.1) is 24.3 Å². The Labute approximate surface area is 252 Å². The number of hydrogen-bond acceptors (Lipinski definition) is 9. The third-order valence-corrected chi connectivity index (χ3v) is 7.14. The highest BCUT2D eigenvalue weighted by molar-refractivity contribution is 5.72. The number of benzene rings is 2. The quantitative estimate of drug-likeness (QED) is 0.244. The van der Waals surface area contributed by atoms with E-state index in [2.05, 4.69) is 16.2 Å². The van der Waals surface area contributed by atoms with Gasteiger partial charge in [-0.25, -0.2) is 4.79 Å². The first-order valence-corrected chi connectivity index (χ1v) is 14.7. The molecule has 1 atom stereocenters. The molecule has 0 fully saturated rings. The van der Waals surface area contributed by atoms with Crippen molar-refractivity contribution in [3.8, 4) is 34.7 Å². The van der Waals surface area contributed by atoms with Gasteiger partial charge in [0.2, 0.25) is 5.82 Å². The standard InChI is InChI=1S/C33H40N4O6/c1-8-40-29(38)11-9-10-27-26-14-13-25(21(4)24(26)16-17-37(27)32(39)42-33(5,6)7)30-35-31(43-36-30)22-12-15-28(41-20(2)3)23(18-22)19-34/h12-15,18,20,27H,8-11,16-17H2,1-7H3. The predicted octanol–water partition coefficient (Wildman–Crippen LogP) is 6.94. The monoisotopic (exact) mass is 588 g/mol. The smallest absolute Gasteiger partial charge is 0.410 e. The summed E-state index contributed by atoms with van der Waals surface area (Å²) in [6, 6.07) is 11.1. The van der Waals surface area contributed by atoms with Crippen LogP contribution in [0.4, 0.5) is 4.79 Å². The predicted molar refractivity (Wildman–Crippen MR) is 160 cm³/mol. The highest BCUT2D eigenvalue weighted by Gasteiger charge is 2.35. The average molecular weight is 589 g/mol. The van der Waals surface area contributed by atoms with Crippen LogP contribution in [0, 0.1) is 18.3 Å². The summed E-state index contributed by atoms with van der Waals surface area (Å²) in [6.45, 7) is 14.0. The van der Waals surface area contributed by atoms with Crippen LogP contribution in [0.2, 0.25) is 0 Å². The maximum atomic E-state index is 13.2. The van der Waals surface area contributed by atoms with Gasteiger partial charge in [-0.15, -0.1) is 0 Å². The molecule has 0 radical (unpaired) electrons. The van der Waals surface area contributed by atoms with Crippen molar-refractivity contribution in [2.45, 2.75) is 91.9 Å². The number of esters is 1. The molecule has 2 aromatic carbocycles. The van der Waals surface area contributed by atoms with Crippen LogP contribution < -0.4 is 4.74 Å². The van der Waals surface area contributed by atoms with Crippen molar-refractivity contribution >= 4 is 12.1 Å². The molecule has 0 N–H and O–H groups in total. The Morgan fingerprint density at radius 3 is 2.65 bits per heavy atom. The Morgan fingerprint density at radius 1 is 1.21 bits per heavy atom. The molecule has 1 amide bonds. The molecule has 0 bridgehead atoms. The van der Waals surface area contributed by atoms with Crippen molar-refractivity contribution in [3.63, 3.8) is 0 Å². The molecule has 1 aliphatic rings. The summed E-state index contributed by atoms with van der Waals surface area (Å²) in [6.07, 6.45) is 1.65. The Hall–Kier alpha value is -4.39. The van der Waals surface area contributed by atoms with Gasteiger partial charge in [-0.1, -0.05) is 17.3 Å². The normalized spacial score (nSPS) is 14.7. The average Bonchev–Trinajstić information content (AvgIpc) is 3.42. The number of nitriles is 1. The topological polar surface area (TPSA) is 128 Å². The van der Waals surface area contributed by atoms with Crippen molar-refractivity contribution in [1.82, 2.24) is 15.0 Å². The summed E-state index contributed by atoms with van der Waals surface area (Å²) >= 11 is 0. The van der Waals surface area contributed by atoms with E-state index >= 15 is 0 Å². The molecule has 0 saturated heterocycles. The highest BCUT2D eigenvalue weighted by atomic mass is 16.6. The summed E-state index contributed by atoms with van der Waals surface area (Å²) < 4.78 is 22.2. The second-order valence-electron chi connectivity index (χ2n) is 11.9. The molecule has 1 aromatic heterocycles. The molecule has 4 rings (SSSR count). The first-order valence-electron chi connectivity index (χ1n) is 14.7. The van der Waals surface area contributed by atoms with Gasteiger partial charge in [-0.05, 0) is 103 Å². The third kappa shape index (κ3) is 7.53. The van der Waals surface area contributed by atoms with Gasteiger partial charge in [0.25, 0.3) is 5.89 Å². The molecule has 228 valence electrons. The molecular weight excluding hydrogens is 548 g/mol. The largest absolute Gasteiger partial charge is 0.490 e. The maximum absolute atomic E-state index is 13.2. The van der Waals surface area contributed by atoms with Crippen molar-refractivity contribution in [1.29, 1.82) is 5.26 Å². The number of amides is 1. The highest BCUT2D eigenvalue weighted by Crippen LogP contribution is 2.39. The Bertz CT molecular complexity index is 1510. The summed E-state index contributed by atoms with van der Waals surface area (Å²) in [7, 11) is 0. The Balaban J connectivity index is 1.63. The minimum Gasteiger partial charge on any atom is -0.490 e. The lowest BCUT2D eigenvalue weighted by molar-refractivity contribution is -0.143. The molecule has 10 nitrogen and oxygen atoms in total. The zero-order valence-corrected chi connectivity index (χ0v) is 26.0. The molecule has 1 aliphatic heterocycles. The number of nitrogens with zero attached hydrogens (tertiary/aromatic N) is 4. The van der Waals surface area contributed by atoms with E-state index in [-0.39, 0.29) is 30.6 Å². The van der Waals surface area contributed by atoms with Gasteiger partial charge in [0, 0.05) is 24.1 Å². The van der Waals surface area contributed by atoms with Crippen LogP contribution in [-0.4, -0.2) is 52.0 Å². The van der Waals surface area contributed by atoms with Crippen LogP contribution in [0.25, 0.3) is 22.8 Å². The second kappa shape index (κ2) is 13.3. The lowest BCUT2D eigenvalue weighted by Gasteiger charge is -2.39. The van der Waals surface area contributed by atoms with Crippen molar-refractivity contribution < 1.29 is 28.3 Å². The number of fused-ring (bicyclic) bond motifs is 1. The zero-order chi connectivity index (χ0) is 31.3. The van der Waals surface area contributed by atoms with E-state index < -0.39 is 5.60 Å². The van der Waals surface area contributed by atoms with Crippen LogP contribution in [0.3, 0.4) is 0 Å². The van der Waals surface area contributed by atoms with Crippen LogP contribution >= 0.6 is 0 Å². The van der Waals surface area contributed by atoms with Crippen molar-refractivity contribution in [2.24, 2.45) is 0 Å². The minimum absolute atomic E-state index is 0.0617. The SMILES string of the molecule is CCOC(=O)CCCC1c2ccc(-c3noc(-c4ccc(OC(C)C)c(C#N)c4)n3)c(C)c2CCN1C(=O)OC(C)(C)C. The van der Waals surface area contributed by atoms with Crippen LogP contribution in [0.15, 0.2) is 34.9 Å². The molecule has 1 unspecified atom stereocenters. The molecular formula is C33H40N4O6. The van der Waals surface area contributed by atoms with Gasteiger partial charge in [0.15, 0.2) is 0 Å². The van der Waals surface area contributed by atoms with Gasteiger partial charge in [-0.2, -0.15) is 10.2 Å². The summed E-state index contributed by atoms with van der Waals surface area (Å²) in [5.74, 6) is 0.993. The van der Waals surface area contributed by atoms with Crippen LogP contribution in [0.5, 0.6) is 5.75 Å². The van der Waals surface area contributed by atoms with E-state index in [1.807, 2.05) is 53.7 Å². The molecule has 43 heavy (non-hydrogen) atoms. The number of rotatable bonds is 9. The maximum Gasteiger partial charge on any atom is 0.410 e. The number of ether oxygens (including phenoxy) is 3. The molecule has 0 spiro atoms. The van der Waals surface area contributed by atoms with E-state index in [0.717, 1.165) is 22.3 Å². The fourth-order valence-electron chi connectivity index (χ4n) is 5.30. The van der Waals surface area contributed by atoms with E-state index in [1.165, 1.54) is 0 Å². The first-order chi connectivity index (χ1) is 20.4. The molecule has 0 aliphatic carbocycles. The third-order valence-electron chi connectivity index (χ3n) is 7.14. The van der Waals surface area contributed by atoms with Gasteiger partial charge >= 0.3 is 12.1 Å². The number of carbonyl (C=O) groups is 2. The second-order valence-corrected chi connectivity index (χ2v) is 11.9. The Kier molecular flexibility index (Phi) is 9.74. The summed E-state index contributed by atoms with van der Waals surface area (Å²) in [5, 5.41) is 13.9. The number of carbonyl (C=O) groups excluding carboxylic acids is 2. The molecule has 3 aromatic rings. The fourth-order valence-corrected chi connectivity index (χ4v) is 5.30. The van der Waals surface area contributed by atoms with Crippen molar-refractivity contribution in [3.05, 3.63) is 52.6 Å². The molecule has 10 heteroatoms. The van der Waals surface area contributed by atoms with Gasteiger partial charge in [0.1, 0.15) is 17.4 Å². The van der Waals surface area contributed by atoms with E-state index in [4.69, 9.17) is 18.7 Å². The lowest BCUT2D eigenvalue weighted by atomic mass is 9.85. The fraction of sp³-hybridized carbons (Fsp3) is 0.485. The van der Waals surface area contributed by atoms with E-state index in [9.17, 15) is 14.9 Å². The summed E-state index contributed by atoms with van der Waals surface area (Å²) in [4.78, 5) is 31.7. The van der Waals surface area contributed by atoms with E-state index in [1.54, 1.807) is 30.0 Å². The van der Waals surface area contributed by atoms with Crippen molar-refractivity contribution in [2.75, 3.05) is 13.2 Å². The summed E-state index contributed by atoms with van der Waals surface area (Å²) in [5.41, 5.74) is 4.35. The van der Waals surface area contributed by atoms with Gasteiger partial charge < -0.3 is 23.6 Å². The number of hydrogen-bond donors (Lipinski definition) is 0. The van der Waals surface area contributed by atoms with Crippen LogP contribution in [-0.2, 0) is 20.7 Å². The van der Waals surface area contributed by atoms with Crippen LogP contribution in [0.1, 0.15) is 89.1 Å². The van der Waals surface area contributed by atoms with E-state index in [0.29, 0.717) is 61.0 Å². The Morgan fingerprint density at radius 2 is 1.98 bits per heavy atom. The molecule has 2 heterocycles. The molecule has 0 saturated carbocycles. The van der Waals surface area contributed by atoms with Gasteiger partial charge in [-0.3, -0.25) is 4.79 Å². The zero-order valence-electron chi connectivity index (χ0n) is 26.0.